The van der Waals surface area contributed by atoms with Crippen molar-refractivity contribution in [1.82, 2.24) is 4.31 Å². The maximum atomic E-state index is 12.4. The first-order valence-electron chi connectivity index (χ1n) is 6.12. The summed E-state index contributed by atoms with van der Waals surface area (Å²) in [6.45, 7) is 1.70. The number of hydrogen-bond acceptors (Lipinski definition) is 4. The fourth-order valence-corrected chi connectivity index (χ4v) is 4.15. The Bertz CT molecular complexity index is 751. The van der Waals surface area contributed by atoms with Crippen LogP contribution < -0.4 is 0 Å². The molecule has 7 heteroatoms. The summed E-state index contributed by atoms with van der Waals surface area (Å²) in [5.41, 5.74) is 0.488. The minimum absolute atomic E-state index is 0.0967. The highest BCUT2D eigenvalue weighted by atomic mass is 35.5. The predicted octanol–water partition coefficient (Wildman–Crippen LogP) is 3.42. The maximum absolute atomic E-state index is 12.4. The topological polar surface area (TPSA) is 54.5 Å². The highest BCUT2D eigenvalue weighted by Gasteiger charge is 2.21. The third-order valence-electron chi connectivity index (χ3n) is 2.98. The Morgan fingerprint density at radius 1 is 1.19 bits per heavy atom. The number of ketones is 1. The number of Topliss-reactive ketones (excluding diaryl/α,β-unsaturated/α-hetero) is 1. The first-order valence-corrected chi connectivity index (χ1v) is 8.75. The van der Waals surface area contributed by atoms with E-state index in [1.54, 1.807) is 12.1 Å². The summed E-state index contributed by atoms with van der Waals surface area (Å²) < 4.78 is 26.8. The van der Waals surface area contributed by atoms with E-state index in [1.807, 2.05) is 0 Å². The number of thiophene rings is 1. The second-order valence-electron chi connectivity index (χ2n) is 4.55. The summed E-state index contributed by atoms with van der Waals surface area (Å²) in [6.07, 6.45) is 0. The number of carbonyl (C=O) groups excluding carboxylic acids is 1. The van der Waals surface area contributed by atoms with Crippen LogP contribution in [0.5, 0.6) is 0 Å². The summed E-state index contributed by atoms with van der Waals surface area (Å²) in [5.74, 6) is -0.0967. The summed E-state index contributed by atoms with van der Waals surface area (Å²) in [5, 5.41) is 0. The van der Waals surface area contributed by atoms with E-state index in [2.05, 4.69) is 0 Å². The molecular formula is C14H14ClNO3S2. The molecule has 4 nitrogen and oxygen atoms in total. The molecule has 1 aromatic heterocycles. The third kappa shape index (κ3) is 3.71. The van der Waals surface area contributed by atoms with Gasteiger partial charge in [-0.1, -0.05) is 23.7 Å². The molecule has 0 aliphatic carbocycles. The van der Waals surface area contributed by atoms with Crippen LogP contribution in [-0.4, -0.2) is 25.6 Å². The lowest BCUT2D eigenvalue weighted by Crippen LogP contribution is -2.26. The quantitative estimate of drug-likeness (QED) is 0.781. The maximum Gasteiger partial charge on any atom is 0.243 e. The zero-order chi connectivity index (χ0) is 15.6. The molecule has 21 heavy (non-hydrogen) atoms. The van der Waals surface area contributed by atoms with Crippen LogP contribution in [-0.2, 0) is 16.6 Å². The van der Waals surface area contributed by atoms with Crippen LogP contribution in [0.25, 0.3) is 0 Å². The van der Waals surface area contributed by atoms with Gasteiger partial charge in [-0.15, -0.1) is 11.3 Å². The van der Waals surface area contributed by atoms with Gasteiger partial charge in [0.15, 0.2) is 5.78 Å². The predicted molar refractivity (Wildman–Crippen MR) is 84.4 cm³/mol. The Morgan fingerprint density at radius 3 is 2.29 bits per heavy atom. The molecule has 0 amide bonds. The molecule has 2 rings (SSSR count). The first-order chi connectivity index (χ1) is 9.80. The molecule has 0 saturated heterocycles. The van der Waals surface area contributed by atoms with Gasteiger partial charge in [0, 0.05) is 24.0 Å². The summed E-state index contributed by atoms with van der Waals surface area (Å²) in [6, 6.07) is 9.48. The Balaban J connectivity index is 2.22. The summed E-state index contributed by atoms with van der Waals surface area (Å²) >= 11 is 7.19. The monoisotopic (exact) mass is 343 g/mol. The molecule has 0 N–H and O–H groups in total. The summed E-state index contributed by atoms with van der Waals surface area (Å²) in [4.78, 5) is 12.2. The highest BCUT2D eigenvalue weighted by molar-refractivity contribution is 7.89. The van der Waals surface area contributed by atoms with Gasteiger partial charge < -0.3 is 0 Å². The summed E-state index contributed by atoms with van der Waals surface area (Å²) in [7, 11) is -2.07. The van der Waals surface area contributed by atoms with E-state index in [0.29, 0.717) is 9.90 Å². The molecule has 0 aliphatic rings. The molecule has 0 bridgehead atoms. The number of nitrogens with zero attached hydrogens (tertiary/aromatic N) is 1. The van der Waals surface area contributed by atoms with E-state index >= 15 is 0 Å². The number of carbonyl (C=O) groups is 1. The molecule has 112 valence electrons. The van der Waals surface area contributed by atoms with Crippen LogP contribution in [0, 0.1) is 0 Å². The molecule has 0 spiro atoms. The van der Waals surface area contributed by atoms with Crippen molar-refractivity contribution < 1.29 is 13.2 Å². The number of sulfonamides is 1. The van der Waals surface area contributed by atoms with Crippen LogP contribution in [0.15, 0.2) is 41.3 Å². The Labute approximate surface area is 133 Å². The third-order valence-corrected chi connectivity index (χ3v) is 6.01. The van der Waals surface area contributed by atoms with Gasteiger partial charge in [0.1, 0.15) is 0 Å². The van der Waals surface area contributed by atoms with Crippen LogP contribution in [0.2, 0.25) is 4.34 Å². The van der Waals surface area contributed by atoms with Crippen molar-refractivity contribution in [2.75, 3.05) is 7.05 Å². The molecular weight excluding hydrogens is 330 g/mol. The molecule has 0 saturated carbocycles. The van der Waals surface area contributed by atoms with Crippen molar-refractivity contribution in [2.24, 2.45) is 0 Å². The van der Waals surface area contributed by atoms with Gasteiger partial charge in [0.25, 0.3) is 0 Å². The largest absolute Gasteiger partial charge is 0.295 e. The van der Waals surface area contributed by atoms with Crippen molar-refractivity contribution in [3.63, 3.8) is 0 Å². The fraction of sp³-hybridized carbons (Fsp3) is 0.214. The zero-order valence-electron chi connectivity index (χ0n) is 11.5. The Hall–Kier alpha value is -1.21. The lowest BCUT2D eigenvalue weighted by atomic mass is 10.2. The van der Waals surface area contributed by atoms with E-state index in [1.165, 1.54) is 53.9 Å². The minimum Gasteiger partial charge on any atom is -0.295 e. The van der Waals surface area contributed by atoms with Crippen molar-refractivity contribution in [1.29, 1.82) is 0 Å². The smallest absolute Gasteiger partial charge is 0.243 e. The molecule has 0 unspecified atom stereocenters. The molecule has 0 aliphatic heterocycles. The average Bonchev–Trinajstić information content (AvgIpc) is 2.84. The molecule has 0 radical (unpaired) electrons. The second kappa shape index (κ2) is 6.27. The number of benzene rings is 1. The number of halogens is 1. The Morgan fingerprint density at radius 2 is 1.81 bits per heavy atom. The van der Waals surface area contributed by atoms with E-state index in [9.17, 15) is 13.2 Å². The van der Waals surface area contributed by atoms with E-state index in [0.717, 1.165) is 4.88 Å². The van der Waals surface area contributed by atoms with Crippen molar-refractivity contribution in [3.8, 4) is 0 Å². The fourth-order valence-electron chi connectivity index (χ4n) is 1.78. The van der Waals surface area contributed by atoms with E-state index in [-0.39, 0.29) is 17.2 Å². The van der Waals surface area contributed by atoms with Gasteiger partial charge in [-0.25, -0.2) is 8.42 Å². The lowest BCUT2D eigenvalue weighted by Gasteiger charge is -2.16. The van der Waals surface area contributed by atoms with Gasteiger partial charge in [0.05, 0.1) is 9.23 Å². The standard InChI is InChI=1S/C14H14ClNO3S2/c1-10(17)11-3-6-13(7-4-11)21(18,19)16(2)9-12-5-8-14(15)20-12/h3-8H,9H2,1-2H3. The SMILES string of the molecule is CC(=O)c1ccc(S(=O)(=O)N(C)Cc2ccc(Cl)s2)cc1. The molecule has 2 aromatic rings. The zero-order valence-corrected chi connectivity index (χ0v) is 13.9. The number of rotatable bonds is 5. The van der Waals surface area contributed by atoms with Crippen LogP contribution in [0.3, 0.4) is 0 Å². The lowest BCUT2D eigenvalue weighted by molar-refractivity contribution is 0.101. The van der Waals surface area contributed by atoms with Crippen LogP contribution >= 0.6 is 22.9 Å². The van der Waals surface area contributed by atoms with Crippen molar-refractivity contribution in [3.05, 3.63) is 51.2 Å². The highest BCUT2D eigenvalue weighted by Crippen LogP contribution is 2.24. The number of hydrogen-bond donors (Lipinski definition) is 0. The van der Waals surface area contributed by atoms with Gasteiger partial charge >= 0.3 is 0 Å². The molecule has 1 aromatic carbocycles. The normalized spacial score (nSPS) is 11.8. The van der Waals surface area contributed by atoms with Crippen molar-refractivity contribution in [2.45, 2.75) is 18.4 Å². The van der Waals surface area contributed by atoms with Crippen LogP contribution in [0.1, 0.15) is 22.2 Å². The Kier molecular flexibility index (Phi) is 4.83. The molecule has 0 fully saturated rings. The first kappa shape index (κ1) is 16.2. The molecule has 1 heterocycles. The van der Waals surface area contributed by atoms with E-state index < -0.39 is 10.0 Å². The van der Waals surface area contributed by atoms with Gasteiger partial charge in [-0.05, 0) is 31.2 Å². The van der Waals surface area contributed by atoms with Gasteiger partial charge in [-0.2, -0.15) is 4.31 Å². The average molecular weight is 344 g/mol. The molecule has 0 atom stereocenters. The van der Waals surface area contributed by atoms with Crippen molar-refractivity contribution >= 4 is 38.7 Å². The van der Waals surface area contributed by atoms with Gasteiger partial charge in [-0.3, -0.25) is 4.79 Å². The second-order valence-corrected chi connectivity index (χ2v) is 8.39. The van der Waals surface area contributed by atoms with E-state index in [4.69, 9.17) is 11.6 Å². The van der Waals surface area contributed by atoms with Gasteiger partial charge in [0.2, 0.25) is 10.0 Å². The van der Waals surface area contributed by atoms with Crippen LogP contribution in [0.4, 0.5) is 0 Å². The minimum atomic E-state index is -3.58.